The molecule has 11 heteroatoms. The van der Waals surface area contributed by atoms with Crippen LogP contribution in [0.4, 0.5) is 11.5 Å². The molecule has 11 nitrogen and oxygen atoms in total. The topological polar surface area (TPSA) is 119 Å². The van der Waals surface area contributed by atoms with Crippen molar-refractivity contribution in [3.8, 4) is 17.0 Å². The van der Waals surface area contributed by atoms with E-state index in [1.165, 1.54) is 6.33 Å². The van der Waals surface area contributed by atoms with Gasteiger partial charge in [-0.05, 0) is 36.7 Å². The summed E-state index contributed by atoms with van der Waals surface area (Å²) in [5.41, 5.74) is 11.1. The van der Waals surface area contributed by atoms with Gasteiger partial charge in [0.25, 0.3) is 0 Å². The minimum Gasteiger partial charge on any atom is -0.495 e. The highest BCUT2D eigenvalue weighted by molar-refractivity contribution is 5.99. The number of benzene rings is 2. The number of carbonyl (C=O) groups is 1. The van der Waals surface area contributed by atoms with Crippen LogP contribution in [0.2, 0.25) is 0 Å². The zero-order valence-electron chi connectivity index (χ0n) is 23.7. The van der Waals surface area contributed by atoms with Crippen LogP contribution in [0.15, 0.2) is 54.9 Å². The van der Waals surface area contributed by atoms with Gasteiger partial charge in [0.2, 0.25) is 5.91 Å². The Kier molecular flexibility index (Phi) is 7.29. The summed E-state index contributed by atoms with van der Waals surface area (Å²) in [7, 11) is 5.72. The van der Waals surface area contributed by atoms with Crippen LogP contribution < -0.4 is 15.8 Å². The van der Waals surface area contributed by atoms with Crippen molar-refractivity contribution in [2.24, 2.45) is 7.05 Å². The van der Waals surface area contributed by atoms with Gasteiger partial charge in [-0.3, -0.25) is 9.69 Å². The number of aryl methyl sites for hydroxylation is 1. The van der Waals surface area contributed by atoms with Gasteiger partial charge in [0.1, 0.15) is 23.6 Å². The molecule has 2 aromatic carbocycles. The number of carbonyl (C=O) groups excluding carboxylic acids is 1. The van der Waals surface area contributed by atoms with Crippen molar-refractivity contribution in [2.45, 2.75) is 13.0 Å². The molecular formula is C30H35N9O2. The lowest BCUT2D eigenvalue weighted by molar-refractivity contribution is -0.115. The Bertz CT molecular complexity index is 1720. The van der Waals surface area contributed by atoms with Crippen molar-refractivity contribution in [1.82, 2.24) is 34.1 Å². The Morgan fingerprint density at radius 2 is 1.83 bits per heavy atom. The van der Waals surface area contributed by atoms with E-state index >= 15 is 0 Å². The van der Waals surface area contributed by atoms with E-state index < -0.39 is 0 Å². The first-order valence-corrected chi connectivity index (χ1v) is 13.8. The molecule has 0 radical (unpaired) electrons. The number of likely N-dealkylation sites (N-methyl/N-ethyl adjacent to an activating group) is 1. The molecule has 4 heterocycles. The molecule has 1 amide bonds. The fourth-order valence-corrected chi connectivity index (χ4v) is 5.51. The number of nitrogen functional groups attached to an aromatic ring is 1. The maximum Gasteiger partial charge on any atom is 0.230 e. The van der Waals surface area contributed by atoms with Crippen molar-refractivity contribution in [3.05, 3.63) is 60.6 Å². The Morgan fingerprint density at radius 3 is 2.61 bits per heavy atom. The molecule has 41 heavy (non-hydrogen) atoms. The number of fused-ring (bicyclic) bond motifs is 2. The molecule has 1 aliphatic rings. The molecule has 0 saturated carbocycles. The normalized spacial score (nSPS) is 14.6. The monoisotopic (exact) mass is 553 g/mol. The number of hydrogen-bond acceptors (Lipinski definition) is 8. The van der Waals surface area contributed by atoms with Crippen molar-refractivity contribution in [1.29, 1.82) is 0 Å². The molecule has 1 fully saturated rings. The first-order chi connectivity index (χ1) is 19.9. The summed E-state index contributed by atoms with van der Waals surface area (Å²) in [6.45, 7) is 5.75. The fourth-order valence-electron chi connectivity index (χ4n) is 5.51. The molecule has 6 rings (SSSR count). The minimum atomic E-state index is -0.127. The first kappa shape index (κ1) is 26.7. The summed E-state index contributed by atoms with van der Waals surface area (Å²) in [5, 5.41) is 9.75. The third-order valence-corrected chi connectivity index (χ3v) is 7.92. The molecule has 0 atom stereocenters. The minimum absolute atomic E-state index is 0.127. The van der Waals surface area contributed by atoms with E-state index in [0.29, 0.717) is 40.5 Å². The third-order valence-electron chi connectivity index (χ3n) is 7.92. The number of para-hydroxylation sites is 1. The zero-order valence-corrected chi connectivity index (χ0v) is 23.7. The lowest BCUT2D eigenvalue weighted by Crippen LogP contribution is -2.45. The van der Waals surface area contributed by atoms with Gasteiger partial charge < -0.3 is 25.3 Å². The van der Waals surface area contributed by atoms with E-state index in [1.807, 2.05) is 64.8 Å². The number of anilines is 2. The summed E-state index contributed by atoms with van der Waals surface area (Å²) >= 11 is 0. The van der Waals surface area contributed by atoms with Crippen molar-refractivity contribution >= 4 is 39.3 Å². The van der Waals surface area contributed by atoms with E-state index in [1.54, 1.807) is 7.11 Å². The van der Waals surface area contributed by atoms with Crippen molar-refractivity contribution in [3.63, 3.8) is 0 Å². The maximum atomic E-state index is 13.0. The van der Waals surface area contributed by atoms with Gasteiger partial charge in [-0.15, -0.1) is 0 Å². The SMILES string of the molecule is COc1cc(-c2nn(CCN3CCN(C)CC3)c3ncnc(N)c23)ccc1NC(=O)Cc1cc2ccccc2n1C. The number of nitrogens with one attached hydrogen (secondary N) is 1. The van der Waals surface area contributed by atoms with E-state index in [0.717, 1.165) is 54.9 Å². The van der Waals surface area contributed by atoms with Gasteiger partial charge in [-0.25, -0.2) is 14.6 Å². The summed E-state index contributed by atoms with van der Waals surface area (Å²) < 4.78 is 9.65. The first-order valence-electron chi connectivity index (χ1n) is 13.8. The second-order valence-corrected chi connectivity index (χ2v) is 10.6. The Balaban J connectivity index is 1.24. The second kappa shape index (κ2) is 11.2. The highest BCUT2D eigenvalue weighted by Gasteiger charge is 2.20. The van der Waals surface area contributed by atoms with Crippen LogP contribution in [0.25, 0.3) is 33.2 Å². The molecule has 1 saturated heterocycles. The molecule has 0 aliphatic carbocycles. The van der Waals surface area contributed by atoms with E-state index in [2.05, 4.69) is 32.1 Å². The zero-order chi connectivity index (χ0) is 28.5. The van der Waals surface area contributed by atoms with E-state index in [9.17, 15) is 4.79 Å². The largest absolute Gasteiger partial charge is 0.495 e. The van der Waals surface area contributed by atoms with Gasteiger partial charge in [0.15, 0.2) is 5.65 Å². The lowest BCUT2D eigenvalue weighted by atomic mass is 10.1. The molecule has 3 N–H and O–H groups in total. The number of methoxy groups -OCH3 is 1. The van der Waals surface area contributed by atoms with Crippen LogP contribution in [-0.4, -0.2) is 86.9 Å². The fraction of sp³-hybridized carbons (Fsp3) is 0.333. The molecule has 1 aliphatic heterocycles. The Morgan fingerprint density at radius 1 is 1.02 bits per heavy atom. The number of nitrogens with two attached hydrogens (primary N) is 1. The Labute approximate surface area is 238 Å². The molecule has 5 aromatic rings. The number of aromatic nitrogens is 5. The quantitative estimate of drug-likeness (QED) is 0.301. The molecular weight excluding hydrogens is 518 g/mol. The van der Waals surface area contributed by atoms with Crippen molar-refractivity contribution < 1.29 is 9.53 Å². The molecule has 212 valence electrons. The summed E-state index contributed by atoms with van der Waals surface area (Å²) in [5.74, 6) is 0.781. The predicted octanol–water partition coefficient (Wildman–Crippen LogP) is 3.00. The molecule has 0 spiro atoms. The number of hydrogen-bond donors (Lipinski definition) is 2. The van der Waals surface area contributed by atoms with Crippen LogP contribution in [0.5, 0.6) is 5.75 Å². The van der Waals surface area contributed by atoms with Gasteiger partial charge in [-0.1, -0.05) is 24.3 Å². The van der Waals surface area contributed by atoms with Gasteiger partial charge in [-0.2, -0.15) is 5.10 Å². The van der Waals surface area contributed by atoms with E-state index in [4.69, 9.17) is 15.6 Å². The van der Waals surface area contributed by atoms with Gasteiger partial charge in [0.05, 0.1) is 31.1 Å². The molecule has 0 bridgehead atoms. The standard InChI is InChI=1S/C30H35N9O2/c1-36-10-12-38(13-11-36)14-15-39-30-27(29(31)32-19-33-30)28(35-39)21-8-9-23(25(17-21)41-3)34-26(40)18-22-16-20-6-4-5-7-24(20)37(22)2/h4-9,16-17,19H,10-15,18H2,1-3H3,(H,34,40)(H2,31,32,33). The maximum absolute atomic E-state index is 13.0. The van der Waals surface area contributed by atoms with Crippen LogP contribution in [0, 0.1) is 0 Å². The summed E-state index contributed by atoms with van der Waals surface area (Å²) in [6.07, 6.45) is 1.72. The highest BCUT2D eigenvalue weighted by atomic mass is 16.5. The van der Waals surface area contributed by atoms with Gasteiger partial charge in [0, 0.05) is 56.5 Å². The number of nitrogens with zero attached hydrogens (tertiary/aromatic N) is 7. The molecule has 3 aromatic heterocycles. The molecule has 0 unspecified atom stereocenters. The Hall–Kier alpha value is -4.48. The van der Waals surface area contributed by atoms with Crippen LogP contribution in [-0.2, 0) is 24.8 Å². The number of ether oxygens (including phenoxy) is 1. The predicted molar refractivity (Wildman–Crippen MR) is 161 cm³/mol. The van der Waals surface area contributed by atoms with Crippen LogP contribution >= 0.6 is 0 Å². The summed E-state index contributed by atoms with van der Waals surface area (Å²) in [6, 6.07) is 15.8. The van der Waals surface area contributed by atoms with Crippen LogP contribution in [0.3, 0.4) is 0 Å². The van der Waals surface area contributed by atoms with Gasteiger partial charge >= 0.3 is 0 Å². The van der Waals surface area contributed by atoms with Crippen LogP contribution in [0.1, 0.15) is 5.69 Å². The smallest absolute Gasteiger partial charge is 0.230 e. The third kappa shape index (κ3) is 5.33. The highest BCUT2D eigenvalue weighted by Crippen LogP contribution is 2.35. The number of rotatable bonds is 8. The van der Waals surface area contributed by atoms with E-state index in [-0.39, 0.29) is 12.3 Å². The number of piperazine rings is 1. The summed E-state index contributed by atoms with van der Waals surface area (Å²) in [4.78, 5) is 26.6. The second-order valence-electron chi connectivity index (χ2n) is 10.6. The van der Waals surface area contributed by atoms with Crippen molar-refractivity contribution in [2.75, 3.05) is 57.9 Å². The lowest BCUT2D eigenvalue weighted by Gasteiger charge is -2.32. The number of amides is 1. The average Bonchev–Trinajstić information content (AvgIpc) is 3.51. The average molecular weight is 554 g/mol.